The minimum Gasteiger partial charge on any atom is -0.452 e. The topological polar surface area (TPSA) is 55.4 Å². The molecule has 0 spiro atoms. The van der Waals surface area contributed by atoms with Gasteiger partial charge in [-0.2, -0.15) is 0 Å². The highest BCUT2D eigenvalue weighted by molar-refractivity contribution is 5.89. The molecule has 0 saturated carbocycles. The lowest BCUT2D eigenvalue weighted by molar-refractivity contribution is -0.143. The summed E-state index contributed by atoms with van der Waals surface area (Å²) in [6, 6.07) is 7.72. The molecule has 0 radical (unpaired) electrons. The Kier molecular flexibility index (Phi) is 7.23. The van der Waals surface area contributed by atoms with Gasteiger partial charge in [0.2, 0.25) is 0 Å². The first-order chi connectivity index (χ1) is 9.99. The van der Waals surface area contributed by atoms with Crippen LogP contribution in [-0.4, -0.2) is 25.0 Å². The van der Waals surface area contributed by atoms with Crippen LogP contribution in [0.1, 0.15) is 31.4 Å². The molecule has 21 heavy (non-hydrogen) atoms. The molecule has 114 valence electrons. The van der Waals surface area contributed by atoms with Gasteiger partial charge in [-0.1, -0.05) is 38.1 Å². The number of carbonyl (C=O) groups excluding carboxylic acids is 2. The summed E-state index contributed by atoms with van der Waals surface area (Å²) in [5.41, 5.74) is 2.03. The van der Waals surface area contributed by atoms with E-state index in [9.17, 15) is 9.59 Å². The van der Waals surface area contributed by atoms with Crippen LogP contribution in [0.2, 0.25) is 0 Å². The van der Waals surface area contributed by atoms with Gasteiger partial charge in [0.05, 0.1) is 0 Å². The van der Waals surface area contributed by atoms with E-state index in [0.29, 0.717) is 12.5 Å². The molecule has 1 aromatic rings. The summed E-state index contributed by atoms with van der Waals surface area (Å²) in [5.74, 6) is -0.254. The third kappa shape index (κ3) is 7.30. The van der Waals surface area contributed by atoms with Gasteiger partial charge >= 0.3 is 5.97 Å². The van der Waals surface area contributed by atoms with Crippen molar-refractivity contribution in [3.05, 3.63) is 41.5 Å². The number of nitrogens with one attached hydrogen (secondary N) is 1. The smallest absolute Gasteiger partial charge is 0.331 e. The van der Waals surface area contributed by atoms with Crippen molar-refractivity contribution in [2.24, 2.45) is 5.92 Å². The third-order valence-electron chi connectivity index (χ3n) is 2.98. The van der Waals surface area contributed by atoms with Crippen LogP contribution in [0.4, 0.5) is 0 Å². The summed E-state index contributed by atoms with van der Waals surface area (Å²) < 4.78 is 4.89. The fourth-order valence-electron chi connectivity index (χ4n) is 1.67. The molecule has 0 bridgehead atoms. The van der Waals surface area contributed by atoms with Gasteiger partial charge in [0, 0.05) is 12.6 Å². The minimum atomic E-state index is -0.516. The van der Waals surface area contributed by atoms with Crippen molar-refractivity contribution in [1.29, 1.82) is 0 Å². The van der Waals surface area contributed by atoms with E-state index in [0.717, 1.165) is 17.5 Å². The van der Waals surface area contributed by atoms with Crippen LogP contribution in [0.5, 0.6) is 0 Å². The Bertz CT molecular complexity index is 507. The Balaban J connectivity index is 2.31. The molecular formula is C17H23NO3. The molecule has 0 aliphatic heterocycles. The Hall–Kier alpha value is -2.10. The molecule has 1 N–H and O–H groups in total. The zero-order valence-electron chi connectivity index (χ0n) is 12.9. The summed E-state index contributed by atoms with van der Waals surface area (Å²) in [5, 5.41) is 2.71. The summed E-state index contributed by atoms with van der Waals surface area (Å²) >= 11 is 0. The normalized spacial score (nSPS) is 10.9. The third-order valence-corrected chi connectivity index (χ3v) is 2.98. The molecule has 0 atom stereocenters. The summed E-state index contributed by atoms with van der Waals surface area (Å²) in [6.07, 6.45) is 3.94. The van der Waals surface area contributed by atoms with E-state index in [4.69, 9.17) is 4.74 Å². The van der Waals surface area contributed by atoms with Gasteiger partial charge in [0.15, 0.2) is 6.61 Å². The van der Waals surface area contributed by atoms with E-state index in [1.54, 1.807) is 6.08 Å². The van der Waals surface area contributed by atoms with Crippen LogP contribution < -0.4 is 5.32 Å². The molecule has 4 nitrogen and oxygen atoms in total. The number of esters is 1. The van der Waals surface area contributed by atoms with E-state index >= 15 is 0 Å². The number of amides is 1. The lowest BCUT2D eigenvalue weighted by atomic mass is 10.1. The Morgan fingerprint density at radius 2 is 2.00 bits per heavy atom. The number of hydrogen-bond donors (Lipinski definition) is 1. The van der Waals surface area contributed by atoms with Gasteiger partial charge in [-0.25, -0.2) is 4.79 Å². The van der Waals surface area contributed by atoms with Crippen LogP contribution in [0.3, 0.4) is 0 Å². The lowest BCUT2D eigenvalue weighted by Crippen LogP contribution is -2.29. The molecule has 0 aromatic heterocycles. The van der Waals surface area contributed by atoms with Crippen LogP contribution in [0, 0.1) is 12.8 Å². The molecule has 1 rings (SSSR count). The minimum absolute atomic E-state index is 0.241. The van der Waals surface area contributed by atoms with Crippen molar-refractivity contribution >= 4 is 18.0 Å². The zero-order chi connectivity index (χ0) is 15.7. The quantitative estimate of drug-likeness (QED) is 0.620. The van der Waals surface area contributed by atoms with E-state index in [1.165, 1.54) is 6.08 Å². The van der Waals surface area contributed by atoms with Gasteiger partial charge in [0.25, 0.3) is 5.91 Å². The first kappa shape index (κ1) is 17.0. The maximum absolute atomic E-state index is 11.5. The van der Waals surface area contributed by atoms with Crippen LogP contribution in [-0.2, 0) is 14.3 Å². The maximum atomic E-state index is 11.5. The van der Waals surface area contributed by atoms with E-state index in [2.05, 4.69) is 19.2 Å². The molecular weight excluding hydrogens is 266 g/mol. The molecule has 0 aliphatic rings. The summed E-state index contributed by atoms with van der Waals surface area (Å²) in [4.78, 5) is 23.0. The summed E-state index contributed by atoms with van der Waals surface area (Å²) in [6.45, 7) is 6.50. The number of carbonyl (C=O) groups is 2. The number of ether oxygens (including phenoxy) is 1. The number of rotatable bonds is 7. The van der Waals surface area contributed by atoms with Crippen LogP contribution in [0.15, 0.2) is 30.3 Å². The van der Waals surface area contributed by atoms with Gasteiger partial charge in [-0.05, 0) is 36.5 Å². The second-order valence-corrected chi connectivity index (χ2v) is 5.33. The molecule has 4 heteroatoms. The van der Waals surface area contributed by atoms with Crippen LogP contribution >= 0.6 is 0 Å². The maximum Gasteiger partial charge on any atom is 0.331 e. The molecule has 0 unspecified atom stereocenters. The number of aryl methyl sites for hydroxylation is 1. The van der Waals surface area contributed by atoms with Crippen molar-refractivity contribution in [3.8, 4) is 0 Å². The standard InChI is InChI=1S/C17H23NO3/c1-13(2)10-11-18-16(19)12-21-17(20)9-8-15-7-5-4-6-14(15)3/h4-9,13H,10-12H2,1-3H3,(H,18,19)/b9-8+. The Labute approximate surface area is 126 Å². The average molecular weight is 289 g/mol. The van der Waals surface area contributed by atoms with Crippen molar-refractivity contribution in [2.75, 3.05) is 13.2 Å². The number of benzene rings is 1. The van der Waals surface area contributed by atoms with E-state index in [-0.39, 0.29) is 12.5 Å². The second kappa shape index (κ2) is 8.95. The highest BCUT2D eigenvalue weighted by atomic mass is 16.5. The first-order valence-corrected chi connectivity index (χ1v) is 7.16. The first-order valence-electron chi connectivity index (χ1n) is 7.16. The SMILES string of the molecule is Cc1ccccc1/C=C/C(=O)OCC(=O)NCCC(C)C. The Morgan fingerprint density at radius 1 is 1.29 bits per heavy atom. The van der Waals surface area contributed by atoms with E-state index in [1.807, 2.05) is 31.2 Å². The average Bonchev–Trinajstić information content (AvgIpc) is 2.44. The lowest BCUT2D eigenvalue weighted by Gasteiger charge is -2.07. The number of hydrogen-bond acceptors (Lipinski definition) is 3. The largest absolute Gasteiger partial charge is 0.452 e. The zero-order valence-corrected chi connectivity index (χ0v) is 12.9. The van der Waals surface area contributed by atoms with Crippen molar-refractivity contribution in [3.63, 3.8) is 0 Å². The molecule has 0 fully saturated rings. The summed E-state index contributed by atoms with van der Waals surface area (Å²) in [7, 11) is 0. The van der Waals surface area contributed by atoms with Crippen molar-refractivity contribution in [2.45, 2.75) is 27.2 Å². The predicted molar refractivity (Wildman–Crippen MR) is 83.6 cm³/mol. The molecule has 1 aromatic carbocycles. The second-order valence-electron chi connectivity index (χ2n) is 5.33. The highest BCUT2D eigenvalue weighted by Crippen LogP contribution is 2.08. The van der Waals surface area contributed by atoms with Gasteiger partial charge in [-0.15, -0.1) is 0 Å². The fourth-order valence-corrected chi connectivity index (χ4v) is 1.67. The molecule has 0 heterocycles. The van der Waals surface area contributed by atoms with Crippen molar-refractivity contribution in [1.82, 2.24) is 5.32 Å². The predicted octanol–water partition coefficient (Wildman–Crippen LogP) is 2.71. The van der Waals surface area contributed by atoms with Crippen LogP contribution in [0.25, 0.3) is 6.08 Å². The molecule has 0 aliphatic carbocycles. The van der Waals surface area contributed by atoms with Crippen molar-refractivity contribution < 1.29 is 14.3 Å². The van der Waals surface area contributed by atoms with Gasteiger partial charge < -0.3 is 10.1 Å². The van der Waals surface area contributed by atoms with Gasteiger partial charge in [-0.3, -0.25) is 4.79 Å². The van der Waals surface area contributed by atoms with E-state index < -0.39 is 5.97 Å². The highest BCUT2D eigenvalue weighted by Gasteiger charge is 2.05. The van der Waals surface area contributed by atoms with Gasteiger partial charge in [0.1, 0.15) is 0 Å². The fraction of sp³-hybridized carbons (Fsp3) is 0.412. The molecule has 0 saturated heterocycles. The Morgan fingerprint density at radius 3 is 2.67 bits per heavy atom. The molecule has 1 amide bonds. The monoisotopic (exact) mass is 289 g/mol.